The average molecular weight is 472 g/mol. The van der Waals surface area contributed by atoms with Crippen molar-refractivity contribution in [2.45, 2.75) is 38.6 Å². The Balaban J connectivity index is 1.67. The van der Waals surface area contributed by atoms with Crippen LogP contribution in [0.2, 0.25) is 0 Å². The number of carbonyl (C=O) groups excluding carboxylic acids is 3. The normalized spacial score (nSPS) is 18.6. The summed E-state index contributed by atoms with van der Waals surface area (Å²) in [5.74, 6) is -0.488. The second kappa shape index (κ2) is 9.44. The summed E-state index contributed by atoms with van der Waals surface area (Å²) in [6.45, 7) is 5.68. The van der Waals surface area contributed by atoms with E-state index in [9.17, 15) is 22.8 Å². The van der Waals surface area contributed by atoms with Gasteiger partial charge in [-0.1, -0.05) is 62.4 Å². The molecule has 1 atom stereocenters. The number of Topliss-reactive ketones (excluding diaryl/α,β-unsaturated/α-hetero) is 1. The number of amides is 3. The van der Waals surface area contributed by atoms with Crippen LogP contribution < -0.4 is 10.0 Å². The van der Waals surface area contributed by atoms with Crippen LogP contribution in [-0.4, -0.2) is 50.4 Å². The summed E-state index contributed by atoms with van der Waals surface area (Å²) >= 11 is 0. The van der Waals surface area contributed by atoms with Gasteiger partial charge in [-0.3, -0.25) is 14.5 Å². The first-order valence-corrected chi connectivity index (χ1v) is 12.6. The van der Waals surface area contributed by atoms with E-state index in [1.807, 2.05) is 24.3 Å². The fourth-order valence-electron chi connectivity index (χ4n) is 3.71. The molecule has 0 bridgehead atoms. The summed E-state index contributed by atoms with van der Waals surface area (Å²) in [7, 11) is -3.26. The molecule has 1 aliphatic rings. The van der Waals surface area contributed by atoms with Gasteiger partial charge in [0.2, 0.25) is 10.0 Å². The predicted octanol–water partition coefficient (Wildman–Crippen LogP) is 2.55. The molecule has 0 radical (unpaired) electrons. The highest BCUT2D eigenvalue weighted by Gasteiger charge is 2.49. The molecule has 1 fully saturated rings. The highest BCUT2D eigenvalue weighted by atomic mass is 32.2. The van der Waals surface area contributed by atoms with Gasteiger partial charge in [-0.05, 0) is 36.0 Å². The van der Waals surface area contributed by atoms with Crippen LogP contribution in [0.4, 0.5) is 4.79 Å². The topological polar surface area (TPSA) is 113 Å². The van der Waals surface area contributed by atoms with Crippen molar-refractivity contribution in [2.75, 3.05) is 19.3 Å². The first-order chi connectivity index (χ1) is 15.4. The van der Waals surface area contributed by atoms with Gasteiger partial charge >= 0.3 is 6.03 Å². The molecule has 3 rings (SSSR count). The van der Waals surface area contributed by atoms with Crippen molar-refractivity contribution in [3.63, 3.8) is 0 Å². The van der Waals surface area contributed by atoms with Crippen molar-refractivity contribution in [2.24, 2.45) is 0 Å². The zero-order chi connectivity index (χ0) is 24.4. The number of ketones is 1. The standard InChI is InChI=1S/C24H29N3O5S/c1-16(2)18-9-11-20(12-10-18)24(3)22(29)27(23(30)26-24)15-21(28)19-7-5-17(6-8-19)13-14-25-33(4,31)32/h5-12,16,25H,13-15H2,1-4H3,(H,26,30). The largest absolute Gasteiger partial charge is 0.325 e. The maximum absolute atomic E-state index is 13.1. The number of sulfonamides is 1. The number of hydrogen-bond acceptors (Lipinski definition) is 5. The van der Waals surface area contributed by atoms with Crippen molar-refractivity contribution >= 4 is 27.7 Å². The summed E-state index contributed by atoms with van der Waals surface area (Å²) in [5.41, 5.74) is 1.78. The third-order valence-electron chi connectivity index (χ3n) is 5.79. The summed E-state index contributed by atoms with van der Waals surface area (Å²) in [5, 5.41) is 2.73. The van der Waals surface area contributed by atoms with Crippen molar-refractivity contribution in [3.05, 3.63) is 70.8 Å². The van der Waals surface area contributed by atoms with E-state index >= 15 is 0 Å². The monoisotopic (exact) mass is 471 g/mol. The molecule has 3 amide bonds. The molecule has 1 heterocycles. The third-order valence-corrected chi connectivity index (χ3v) is 6.51. The van der Waals surface area contributed by atoms with Crippen LogP contribution >= 0.6 is 0 Å². The Morgan fingerprint density at radius 2 is 1.67 bits per heavy atom. The Hall–Kier alpha value is -3.04. The van der Waals surface area contributed by atoms with Crippen LogP contribution in [0, 0.1) is 0 Å². The molecule has 1 saturated heterocycles. The summed E-state index contributed by atoms with van der Waals surface area (Å²) < 4.78 is 24.7. The molecule has 0 aliphatic carbocycles. The smallest absolute Gasteiger partial charge is 0.319 e. The second-order valence-electron chi connectivity index (χ2n) is 8.76. The Morgan fingerprint density at radius 3 is 2.21 bits per heavy atom. The lowest BCUT2D eigenvalue weighted by molar-refractivity contribution is -0.130. The van der Waals surface area contributed by atoms with Gasteiger partial charge in [0.05, 0.1) is 12.8 Å². The summed E-state index contributed by atoms with van der Waals surface area (Å²) in [6.07, 6.45) is 1.57. The number of rotatable bonds is 9. The lowest BCUT2D eigenvalue weighted by atomic mass is 9.90. The average Bonchev–Trinajstić information content (AvgIpc) is 2.97. The molecule has 2 aromatic carbocycles. The van der Waals surface area contributed by atoms with Crippen molar-refractivity contribution in [1.82, 2.24) is 14.9 Å². The molecule has 33 heavy (non-hydrogen) atoms. The minimum absolute atomic E-state index is 0.255. The maximum atomic E-state index is 13.1. The first kappa shape index (κ1) is 24.6. The molecule has 9 heteroatoms. The summed E-state index contributed by atoms with van der Waals surface area (Å²) in [6, 6.07) is 13.6. The van der Waals surface area contributed by atoms with E-state index in [0.717, 1.165) is 22.3 Å². The van der Waals surface area contributed by atoms with Gasteiger partial charge < -0.3 is 5.32 Å². The number of benzene rings is 2. The molecule has 2 N–H and O–H groups in total. The Labute approximate surface area is 194 Å². The molecule has 0 spiro atoms. The van der Waals surface area contributed by atoms with E-state index in [0.29, 0.717) is 23.5 Å². The Morgan fingerprint density at radius 1 is 1.06 bits per heavy atom. The van der Waals surface area contributed by atoms with Crippen molar-refractivity contribution in [3.8, 4) is 0 Å². The predicted molar refractivity (Wildman–Crippen MR) is 125 cm³/mol. The van der Waals surface area contributed by atoms with Crippen molar-refractivity contribution in [1.29, 1.82) is 0 Å². The molecule has 8 nitrogen and oxygen atoms in total. The number of carbonyl (C=O) groups is 3. The highest BCUT2D eigenvalue weighted by molar-refractivity contribution is 7.88. The van der Waals surface area contributed by atoms with Crippen LogP contribution in [0.15, 0.2) is 48.5 Å². The SMILES string of the molecule is CC(C)c1ccc(C2(C)NC(=O)N(CC(=O)c3ccc(CCNS(C)(=O)=O)cc3)C2=O)cc1. The van der Waals surface area contributed by atoms with Crippen LogP contribution in [0.1, 0.15) is 53.7 Å². The van der Waals surface area contributed by atoms with E-state index in [-0.39, 0.29) is 18.9 Å². The second-order valence-corrected chi connectivity index (χ2v) is 10.6. The van der Waals surface area contributed by atoms with Crippen LogP contribution in [0.5, 0.6) is 0 Å². The van der Waals surface area contributed by atoms with E-state index in [1.54, 1.807) is 31.2 Å². The van der Waals surface area contributed by atoms with E-state index in [2.05, 4.69) is 23.9 Å². The van der Waals surface area contributed by atoms with E-state index < -0.39 is 27.5 Å². The van der Waals surface area contributed by atoms with Gasteiger partial charge in [-0.15, -0.1) is 0 Å². The fourth-order valence-corrected chi connectivity index (χ4v) is 4.18. The van der Waals surface area contributed by atoms with Gasteiger partial charge in [0.1, 0.15) is 5.54 Å². The minimum atomic E-state index is -3.26. The highest BCUT2D eigenvalue weighted by Crippen LogP contribution is 2.30. The zero-order valence-corrected chi connectivity index (χ0v) is 20.0. The van der Waals surface area contributed by atoms with Gasteiger partial charge in [-0.2, -0.15) is 0 Å². The third kappa shape index (κ3) is 5.66. The van der Waals surface area contributed by atoms with E-state index in [1.165, 1.54) is 0 Å². The maximum Gasteiger partial charge on any atom is 0.325 e. The number of urea groups is 1. The molecule has 0 aromatic heterocycles. The molecule has 176 valence electrons. The van der Waals surface area contributed by atoms with Crippen LogP contribution in [0.25, 0.3) is 0 Å². The van der Waals surface area contributed by atoms with Gasteiger partial charge in [-0.25, -0.2) is 17.9 Å². The summed E-state index contributed by atoms with van der Waals surface area (Å²) in [4.78, 5) is 39.4. The Kier molecular flexibility index (Phi) is 7.04. The minimum Gasteiger partial charge on any atom is -0.319 e. The Bertz CT molecular complexity index is 1160. The van der Waals surface area contributed by atoms with E-state index in [4.69, 9.17) is 0 Å². The van der Waals surface area contributed by atoms with Crippen LogP contribution in [0.3, 0.4) is 0 Å². The molecule has 1 unspecified atom stereocenters. The van der Waals surface area contributed by atoms with Gasteiger partial charge in [0, 0.05) is 12.1 Å². The number of nitrogens with one attached hydrogen (secondary N) is 2. The number of hydrogen-bond donors (Lipinski definition) is 2. The molecule has 1 aliphatic heterocycles. The quantitative estimate of drug-likeness (QED) is 0.431. The number of imide groups is 1. The van der Waals surface area contributed by atoms with Gasteiger partial charge in [0.25, 0.3) is 5.91 Å². The molecular weight excluding hydrogens is 442 g/mol. The van der Waals surface area contributed by atoms with Crippen molar-refractivity contribution < 1.29 is 22.8 Å². The zero-order valence-electron chi connectivity index (χ0n) is 19.2. The molecule has 2 aromatic rings. The fraction of sp³-hybridized carbons (Fsp3) is 0.375. The first-order valence-electron chi connectivity index (χ1n) is 10.7. The van der Waals surface area contributed by atoms with Gasteiger partial charge in [0.15, 0.2) is 5.78 Å². The van der Waals surface area contributed by atoms with Crippen LogP contribution in [-0.2, 0) is 26.8 Å². The lowest BCUT2D eigenvalue weighted by Crippen LogP contribution is -2.41. The molecule has 0 saturated carbocycles. The lowest BCUT2D eigenvalue weighted by Gasteiger charge is -2.22. The molecular formula is C24H29N3O5S. The number of nitrogens with zero attached hydrogens (tertiary/aromatic N) is 1.